The zero-order valence-electron chi connectivity index (χ0n) is 21.3. The molecule has 9 atom stereocenters. The average molecular weight is 484 g/mol. The van der Waals surface area contributed by atoms with Gasteiger partial charge in [-0.3, -0.25) is 14.4 Å². The second-order valence-corrected chi connectivity index (χ2v) is 13.5. The molecule has 4 aliphatic rings. The molecule has 1 N–H and O–H groups in total. The zero-order valence-corrected chi connectivity index (χ0v) is 22.1. The molecule has 4 saturated carbocycles. The molecule has 1 aromatic heterocycles. The Kier molecular flexibility index (Phi) is 6.32. The standard InChI is InChI=1S/C29H41NO3S/c1-17(14-26(33)30-18(2)25-6-5-13-34-25)21-7-8-22-27-23(10-12-29(21,22)4)28(3)11-9-20(31)15-19(28)16-24(27)32/h5-6,13,17-19,21-23,27H,7-12,14-16H2,1-4H3,(H,30,33)/t17-,18+,19+,21-,22+,23+,27+,28+,29-/m1/s1. The van der Waals surface area contributed by atoms with E-state index >= 15 is 0 Å². The molecule has 1 heterocycles. The fourth-order valence-corrected chi connectivity index (χ4v) is 9.78. The Morgan fingerprint density at radius 3 is 2.59 bits per heavy atom. The predicted molar refractivity (Wildman–Crippen MR) is 135 cm³/mol. The normalized spacial score (nSPS) is 41.2. The van der Waals surface area contributed by atoms with Gasteiger partial charge in [-0.25, -0.2) is 0 Å². The first kappa shape index (κ1) is 24.2. The topological polar surface area (TPSA) is 63.2 Å². The number of amides is 1. The molecule has 34 heavy (non-hydrogen) atoms. The number of hydrogen-bond acceptors (Lipinski definition) is 4. The van der Waals surface area contributed by atoms with Crippen LogP contribution in [0.2, 0.25) is 0 Å². The Labute approximate surface area is 208 Å². The van der Waals surface area contributed by atoms with E-state index in [4.69, 9.17) is 0 Å². The fourth-order valence-electron chi connectivity index (χ4n) is 9.04. The van der Waals surface area contributed by atoms with Gasteiger partial charge in [0.2, 0.25) is 5.91 Å². The van der Waals surface area contributed by atoms with Crippen LogP contribution in [-0.4, -0.2) is 17.5 Å². The number of ketones is 2. The van der Waals surface area contributed by atoms with Crippen LogP contribution in [0.4, 0.5) is 0 Å². The van der Waals surface area contributed by atoms with Crippen molar-refractivity contribution in [2.24, 2.45) is 46.3 Å². The van der Waals surface area contributed by atoms with Crippen molar-refractivity contribution in [3.05, 3.63) is 22.4 Å². The van der Waals surface area contributed by atoms with Crippen LogP contribution in [0.3, 0.4) is 0 Å². The van der Waals surface area contributed by atoms with Crippen molar-refractivity contribution in [2.45, 2.75) is 91.5 Å². The van der Waals surface area contributed by atoms with Crippen LogP contribution in [0.25, 0.3) is 0 Å². The van der Waals surface area contributed by atoms with Gasteiger partial charge in [-0.05, 0) is 90.9 Å². The van der Waals surface area contributed by atoms with Crippen LogP contribution >= 0.6 is 11.3 Å². The SMILES string of the molecule is C[C@H](NC(=O)C[C@@H](C)[C@H]1CC[C@H]2[C@@H]3C(=O)C[C@@H]4CC(=O)CC[C@]4(C)[C@H]3CC[C@]12C)c1cccs1. The zero-order chi connectivity index (χ0) is 24.3. The fraction of sp³-hybridized carbons (Fsp3) is 0.759. The van der Waals surface area contributed by atoms with Gasteiger partial charge in [0, 0.05) is 36.5 Å². The molecule has 0 radical (unpaired) electrons. The molecular weight excluding hydrogens is 442 g/mol. The Morgan fingerprint density at radius 2 is 1.85 bits per heavy atom. The molecular formula is C29H41NO3S. The summed E-state index contributed by atoms with van der Waals surface area (Å²) in [5, 5.41) is 5.26. The van der Waals surface area contributed by atoms with Crippen LogP contribution in [0, 0.1) is 46.3 Å². The minimum absolute atomic E-state index is 0.0537. The van der Waals surface area contributed by atoms with Crippen molar-refractivity contribution < 1.29 is 14.4 Å². The molecule has 0 unspecified atom stereocenters. The number of carbonyl (C=O) groups excluding carboxylic acids is 3. The van der Waals surface area contributed by atoms with Crippen molar-refractivity contribution in [1.29, 1.82) is 0 Å². The van der Waals surface area contributed by atoms with Gasteiger partial charge in [0.05, 0.1) is 6.04 Å². The van der Waals surface area contributed by atoms with Crippen molar-refractivity contribution in [3.8, 4) is 0 Å². The Hall–Kier alpha value is -1.49. The van der Waals surface area contributed by atoms with Gasteiger partial charge < -0.3 is 5.32 Å². The number of thiophene rings is 1. The lowest BCUT2D eigenvalue weighted by atomic mass is 9.44. The quantitative estimate of drug-likeness (QED) is 0.530. The summed E-state index contributed by atoms with van der Waals surface area (Å²) >= 11 is 1.68. The van der Waals surface area contributed by atoms with Crippen molar-refractivity contribution in [2.75, 3.05) is 0 Å². The predicted octanol–water partition coefficient (Wildman–Crippen LogP) is 6.36. The number of hydrogen-bond donors (Lipinski definition) is 1. The maximum absolute atomic E-state index is 13.5. The molecule has 1 aromatic rings. The second kappa shape index (κ2) is 8.87. The number of Topliss-reactive ketones (excluding diaryl/α,β-unsaturated/α-hetero) is 2. The molecule has 1 amide bonds. The monoisotopic (exact) mass is 483 g/mol. The molecule has 186 valence electrons. The summed E-state index contributed by atoms with van der Waals surface area (Å²) in [7, 11) is 0. The van der Waals surface area contributed by atoms with E-state index in [1.165, 1.54) is 4.88 Å². The molecule has 5 heteroatoms. The van der Waals surface area contributed by atoms with E-state index in [1.807, 2.05) is 6.07 Å². The van der Waals surface area contributed by atoms with E-state index in [0.29, 0.717) is 60.9 Å². The average Bonchev–Trinajstić information content (AvgIpc) is 3.42. The molecule has 4 nitrogen and oxygen atoms in total. The molecule has 5 rings (SSSR count). The molecule has 4 aliphatic carbocycles. The largest absolute Gasteiger partial charge is 0.349 e. The molecule has 0 aliphatic heterocycles. The Morgan fingerprint density at radius 1 is 1.09 bits per heavy atom. The molecule has 4 fully saturated rings. The minimum Gasteiger partial charge on any atom is -0.349 e. The summed E-state index contributed by atoms with van der Waals surface area (Å²) < 4.78 is 0. The van der Waals surface area contributed by atoms with E-state index in [-0.39, 0.29) is 34.6 Å². The van der Waals surface area contributed by atoms with Crippen LogP contribution in [0.1, 0.15) is 96.4 Å². The van der Waals surface area contributed by atoms with E-state index in [0.717, 1.165) is 32.1 Å². The number of rotatable bonds is 5. The minimum atomic E-state index is 0.0537. The van der Waals surface area contributed by atoms with Crippen molar-refractivity contribution in [1.82, 2.24) is 5.32 Å². The third-order valence-corrected chi connectivity index (χ3v) is 12.0. The number of carbonyl (C=O) groups is 3. The highest BCUT2D eigenvalue weighted by molar-refractivity contribution is 7.10. The highest BCUT2D eigenvalue weighted by Gasteiger charge is 2.63. The maximum atomic E-state index is 13.5. The third-order valence-electron chi connectivity index (χ3n) is 10.9. The summed E-state index contributed by atoms with van der Waals surface area (Å²) in [5.74, 6) is 3.05. The van der Waals surface area contributed by atoms with Gasteiger partial charge >= 0.3 is 0 Å². The van der Waals surface area contributed by atoms with E-state index in [1.54, 1.807) is 11.3 Å². The first-order valence-corrected chi connectivity index (χ1v) is 14.4. The molecule has 0 saturated heterocycles. The van der Waals surface area contributed by atoms with Gasteiger partial charge in [0.1, 0.15) is 11.6 Å². The van der Waals surface area contributed by atoms with Crippen LogP contribution in [0.5, 0.6) is 0 Å². The highest BCUT2D eigenvalue weighted by atomic mass is 32.1. The lowest BCUT2D eigenvalue weighted by molar-refractivity contribution is -0.159. The van der Waals surface area contributed by atoms with Crippen molar-refractivity contribution in [3.63, 3.8) is 0 Å². The third kappa shape index (κ3) is 3.90. The Bertz CT molecular complexity index is 957. The van der Waals surface area contributed by atoms with Crippen molar-refractivity contribution >= 4 is 28.8 Å². The summed E-state index contributed by atoms with van der Waals surface area (Å²) in [4.78, 5) is 39.8. The highest BCUT2D eigenvalue weighted by Crippen LogP contribution is 2.67. The number of nitrogens with one attached hydrogen (secondary N) is 1. The maximum Gasteiger partial charge on any atom is 0.220 e. The lowest BCUT2D eigenvalue weighted by Gasteiger charge is -2.59. The van der Waals surface area contributed by atoms with E-state index in [2.05, 4.69) is 44.5 Å². The van der Waals surface area contributed by atoms with Crippen LogP contribution < -0.4 is 5.32 Å². The van der Waals surface area contributed by atoms with Crippen LogP contribution in [0.15, 0.2) is 17.5 Å². The summed E-state index contributed by atoms with van der Waals surface area (Å²) in [5.41, 5.74) is 0.291. The second-order valence-electron chi connectivity index (χ2n) is 12.6. The molecule has 0 spiro atoms. The van der Waals surface area contributed by atoms with Gasteiger partial charge in [0.15, 0.2) is 0 Å². The Balaban J connectivity index is 1.28. The molecule has 0 aromatic carbocycles. The van der Waals surface area contributed by atoms with Crippen LogP contribution in [-0.2, 0) is 14.4 Å². The van der Waals surface area contributed by atoms with E-state index < -0.39 is 0 Å². The van der Waals surface area contributed by atoms with Gasteiger partial charge in [-0.15, -0.1) is 11.3 Å². The van der Waals surface area contributed by atoms with E-state index in [9.17, 15) is 14.4 Å². The first-order valence-electron chi connectivity index (χ1n) is 13.5. The summed E-state index contributed by atoms with van der Waals surface area (Å²) in [6.45, 7) is 9.14. The smallest absolute Gasteiger partial charge is 0.220 e. The number of fused-ring (bicyclic) bond motifs is 5. The first-order chi connectivity index (χ1) is 16.1. The summed E-state index contributed by atoms with van der Waals surface area (Å²) in [6, 6.07) is 4.16. The van der Waals surface area contributed by atoms with Gasteiger partial charge in [-0.1, -0.05) is 26.8 Å². The molecule has 0 bridgehead atoms. The van der Waals surface area contributed by atoms with Gasteiger partial charge in [-0.2, -0.15) is 0 Å². The summed E-state index contributed by atoms with van der Waals surface area (Å²) in [6.07, 6.45) is 7.97. The van der Waals surface area contributed by atoms with Gasteiger partial charge in [0.25, 0.3) is 0 Å². The lowest BCUT2D eigenvalue weighted by Crippen LogP contribution is -2.57.